The summed E-state index contributed by atoms with van der Waals surface area (Å²) in [4.78, 5) is 31.0. The molecule has 0 amide bonds. The smallest absolute Gasteiger partial charge is 0.294 e. The Labute approximate surface area is 169 Å². The standard InChI is InChI=1S/C20H27N3O6/c1-18(16-6-4-3-5-7-16)8-15-9-19(2,13-20(10-15,12-18)14-21)17(29-23(26)27)11-28-22(24)25/h3-7,9,17H,8,10-14,21H2,1-2H3. The Morgan fingerprint density at radius 1 is 1.10 bits per heavy atom. The van der Waals surface area contributed by atoms with E-state index < -0.39 is 28.3 Å². The van der Waals surface area contributed by atoms with Crippen LogP contribution in [0.3, 0.4) is 0 Å². The van der Waals surface area contributed by atoms with Crippen molar-refractivity contribution in [3.8, 4) is 0 Å². The molecule has 9 heteroatoms. The van der Waals surface area contributed by atoms with Crippen molar-refractivity contribution in [3.63, 3.8) is 0 Å². The summed E-state index contributed by atoms with van der Waals surface area (Å²) in [5.41, 5.74) is 7.48. The van der Waals surface area contributed by atoms with Gasteiger partial charge in [0.05, 0.1) is 0 Å². The van der Waals surface area contributed by atoms with E-state index in [9.17, 15) is 20.2 Å². The van der Waals surface area contributed by atoms with Crippen LogP contribution in [0.25, 0.3) is 0 Å². The Morgan fingerprint density at radius 3 is 2.38 bits per heavy atom. The van der Waals surface area contributed by atoms with Crippen LogP contribution in [0.5, 0.6) is 0 Å². The van der Waals surface area contributed by atoms with Crippen molar-refractivity contribution >= 4 is 0 Å². The molecule has 1 aromatic carbocycles. The predicted octanol–water partition coefficient (Wildman–Crippen LogP) is 3.19. The highest BCUT2D eigenvalue weighted by Gasteiger charge is 2.53. The van der Waals surface area contributed by atoms with Gasteiger partial charge < -0.3 is 15.4 Å². The van der Waals surface area contributed by atoms with Gasteiger partial charge in [-0.25, -0.2) is 0 Å². The van der Waals surface area contributed by atoms with E-state index in [0.29, 0.717) is 13.0 Å². The Kier molecular flexibility index (Phi) is 5.53. The summed E-state index contributed by atoms with van der Waals surface area (Å²) in [6.45, 7) is 3.97. The topological polar surface area (TPSA) is 131 Å². The molecule has 9 nitrogen and oxygen atoms in total. The molecule has 0 aromatic heterocycles. The summed E-state index contributed by atoms with van der Waals surface area (Å²) in [5.74, 6) is 0. The van der Waals surface area contributed by atoms with Crippen molar-refractivity contribution in [1.29, 1.82) is 0 Å². The zero-order valence-corrected chi connectivity index (χ0v) is 16.7. The highest BCUT2D eigenvalue weighted by molar-refractivity contribution is 5.34. The SMILES string of the molecule is CC1(c2ccccc2)CC2=CC(C)(C(CO[N+](=O)[O-])O[N+](=O)[O-])CC(CN)(C2)C1. The lowest BCUT2D eigenvalue weighted by molar-refractivity contribution is -0.793. The molecule has 3 rings (SSSR count). The van der Waals surface area contributed by atoms with E-state index in [2.05, 4.69) is 23.9 Å². The summed E-state index contributed by atoms with van der Waals surface area (Å²) in [6, 6.07) is 10.3. The molecule has 0 aliphatic heterocycles. The molecule has 2 aliphatic carbocycles. The molecule has 2 bridgehead atoms. The zero-order chi connectivity index (χ0) is 21.3. The molecule has 0 saturated heterocycles. The highest BCUT2D eigenvalue weighted by atomic mass is 17.0. The van der Waals surface area contributed by atoms with Crippen LogP contribution in [0.15, 0.2) is 42.0 Å². The number of rotatable bonds is 8. The minimum Gasteiger partial charge on any atom is -0.330 e. The van der Waals surface area contributed by atoms with E-state index in [4.69, 9.17) is 10.6 Å². The summed E-state index contributed by atoms with van der Waals surface area (Å²) >= 11 is 0. The third kappa shape index (κ3) is 4.34. The van der Waals surface area contributed by atoms with Crippen molar-refractivity contribution < 1.29 is 19.8 Å². The van der Waals surface area contributed by atoms with E-state index >= 15 is 0 Å². The minimum atomic E-state index is -1.09. The van der Waals surface area contributed by atoms with Gasteiger partial charge in [-0.1, -0.05) is 55.8 Å². The van der Waals surface area contributed by atoms with Crippen LogP contribution < -0.4 is 5.73 Å². The molecule has 0 radical (unpaired) electrons. The Morgan fingerprint density at radius 2 is 1.79 bits per heavy atom. The summed E-state index contributed by atoms with van der Waals surface area (Å²) in [5, 5.41) is 19.8. The maximum Gasteiger partial charge on any atom is 0.294 e. The van der Waals surface area contributed by atoms with E-state index in [0.717, 1.165) is 24.8 Å². The van der Waals surface area contributed by atoms with Crippen LogP contribution >= 0.6 is 0 Å². The molecule has 4 atom stereocenters. The number of hydrogen-bond acceptors (Lipinski definition) is 7. The lowest BCUT2D eigenvalue weighted by Gasteiger charge is -2.55. The third-order valence-electron chi connectivity index (χ3n) is 6.46. The monoisotopic (exact) mass is 405 g/mol. The first-order valence-electron chi connectivity index (χ1n) is 9.65. The van der Waals surface area contributed by atoms with Gasteiger partial charge in [0.2, 0.25) is 0 Å². The molecule has 0 heterocycles. The van der Waals surface area contributed by atoms with Crippen LogP contribution in [0.2, 0.25) is 0 Å². The van der Waals surface area contributed by atoms with Gasteiger partial charge >= 0.3 is 0 Å². The van der Waals surface area contributed by atoms with E-state index in [1.807, 2.05) is 31.2 Å². The highest BCUT2D eigenvalue weighted by Crippen LogP contribution is 2.58. The van der Waals surface area contributed by atoms with E-state index in [1.54, 1.807) is 0 Å². The third-order valence-corrected chi connectivity index (χ3v) is 6.46. The Hall–Kier alpha value is -2.68. The summed E-state index contributed by atoms with van der Waals surface area (Å²) in [7, 11) is 0. The molecule has 1 aromatic rings. The van der Waals surface area contributed by atoms with Gasteiger partial charge in [0.25, 0.3) is 10.2 Å². The normalized spacial score (nSPS) is 32.0. The van der Waals surface area contributed by atoms with Gasteiger partial charge in [0.15, 0.2) is 0 Å². The van der Waals surface area contributed by atoms with Gasteiger partial charge in [-0.15, -0.1) is 20.2 Å². The van der Waals surface area contributed by atoms with Crippen LogP contribution in [0.4, 0.5) is 0 Å². The Bertz CT molecular complexity index is 816. The lowest BCUT2D eigenvalue weighted by Crippen LogP contribution is -2.52. The fourth-order valence-electron chi connectivity index (χ4n) is 5.59. The molecule has 29 heavy (non-hydrogen) atoms. The van der Waals surface area contributed by atoms with Crippen LogP contribution in [-0.4, -0.2) is 29.4 Å². The molecule has 1 saturated carbocycles. The number of allylic oxidation sites excluding steroid dienone is 1. The molecular formula is C20H27N3O6. The van der Waals surface area contributed by atoms with Gasteiger partial charge in [-0.3, -0.25) is 0 Å². The number of hydrogen-bond donors (Lipinski definition) is 1. The molecule has 4 unspecified atom stereocenters. The van der Waals surface area contributed by atoms with Crippen LogP contribution in [-0.2, 0) is 15.1 Å². The average molecular weight is 405 g/mol. The maximum absolute atomic E-state index is 11.0. The number of nitrogens with zero attached hydrogens (tertiary/aromatic N) is 2. The first-order valence-corrected chi connectivity index (χ1v) is 9.65. The molecule has 158 valence electrons. The zero-order valence-electron chi connectivity index (χ0n) is 16.7. The summed E-state index contributed by atoms with van der Waals surface area (Å²) < 4.78 is 0. The maximum atomic E-state index is 11.0. The largest absolute Gasteiger partial charge is 0.330 e. The van der Waals surface area contributed by atoms with Crippen molar-refractivity contribution in [3.05, 3.63) is 67.8 Å². The molecular weight excluding hydrogens is 378 g/mol. The molecule has 2 N–H and O–H groups in total. The van der Waals surface area contributed by atoms with Gasteiger partial charge in [0.1, 0.15) is 12.7 Å². The summed E-state index contributed by atoms with van der Waals surface area (Å²) in [6.07, 6.45) is 3.89. The van der Waals surface area contributed by atoms with Crippen molar-refractivity contribution in [2.45, 2.75) is 51.0 Å². The minimum absolute atomic E-state index is 0.0944. The van der Waals surface area contributed by atoms with Crippen molar-refractivity contribution in [1.82, 2.24) is 0 Å². The number of benzene rings is 1. The van der Waals surface area contributed by atoms with Gasteiger partial charge in [-0.2, -0.15) is 0 Å². The quantitative estimate of drug-likeness (QED) is 0.399. The van der Waals surface area contributed by atoms with Gasteiger partial charge in [-0.05, 0) is 48.6 Å². The lowest BCUT2D eigenvalue weighted by atomic mass is 9.51. The fourth-order valence-corrected chi connectivity index (χ4v) is 5.59. The first-order chi connectivity index (χ1) is 13.6. The second kappa shape index (κ2) is 7.62. The van der Waals surface area contributed by atoms with E-state index in [-0.39, 0.29) is 10.8 Å². The predicted molar refractivity (Wildman–Crippen MR) is 105 cm³/mol. The first kappa shape index (κ1) is 21.0. The van der Waals surface area contributed by atoms with E-state index in [1.165, 1.54) is 5.56 Å². The molecule has 2 aliphatic rings. The van der Waals surface area contributed by atoms with Crippen molar-refractivity contribution in [2.24, 2.45) is 16.6 Å². The van der Waals surface area contributed by atoms with Crippen LogP contribution in [0, 0.1) is 31.1 Å². The average Bonchev–Trinajstić information content (AvgIpc) is 2.64. The Balaban J connectivity index is 1.97. The number of fused-ring (bicyclic) bond motifs is 2. The van der Waals surface area contributed by atoms with Gasteiger partial charge in [0, 0.05) is 5.41 Å². The molecule has 0 spiro atoms. The van der Waals surface area contributed by atoms with Crippen LogP contribution in [0.1, 0.15) is 45.1 Å². The second-order valence-corrected chi connectivity index (χ2v) is 8.98. The molecule has 1 fully saturated rings. The van der Waals surface area contributed by atoms with Crippen molar-refractivity contribution in [2.75, 3.05) is 13.2 Å². The fraction of sp³-hybridized carbons (Fsp3) is 0.600. The number of nitrogens with two attached hydrogens (primary N) is 1. The second-order valence-electron chi connectivity index (χ2n) is 8.98.